The Labute approximate surface area is 101 Å². The fourth-order valence-corrected chi connectivity index (χ4v) is 1.81. The van der Waals surface area contributed by atoms with Crippen LogP contribution >= 0.6 is 0 Å². The number of aromatic carboxylic acids is 2. The van der Waals surface area contributed by atoms with E-state index in [1.54, 1.807) is 0 Å². The molecule has 1 aromatic carbocycles. The molecular weight excluding hydrogens is 236 g/mol. The molecule has 18 heavy (non-hydrogen) atoms. The molecule has 90 valence electrons. The molecule has 0 saturated heterocycles. The van der Waals surface area contributed by atoms with Gasteiger partial charge in [-0.15, -0.1) is 0 Å². The molecule has 0 bridgehead atoms. The molecule has 0 spiro atoms. The van der Waals surface area contributed by atoms with E-state index in [4.69, 9.17) is 15.5 Å². The van der Waals surface area contributed by atoms with Crippen molar-refractivity contribution in [3.05, 3.63) is 35.5 Å². The number of rotatable bonds is 3. The summed E-state index contributed by atoms with van der Waals surface area (Å²) in [7, 11) is 0. The van der Waals surface area contributed by atoms with Crippen LogP contribution in [0, 0.1) is 11.3 Å². The van der Waals surface area contributed by atoms with Gasteiger partial charge in [0.1, 0.15) is 12.2 Å². The minimum atomic E-state index is -1.15. The molecule has 0 aliphatic carbocycles. The Bertz CT molecular complexity index is 694. The number of benzene rings is 1. The number of carboxylic acid groups (broad SMARTS) is 2. The van der Waals surface area contributed by atoms with E-state index < -0.39 is 11.9 Å². The van der Waals surface area contributed by atoms with Gasteiger partial charge in [-0.1, -0.05) is 6.07 Å². The molecule has 0 aliphatic rings. The zero-order chi connectivity index (χ0) is 13.3. The van der Waals surface area contributed by atoms with Gasteiger partial charge in [0.25, 0.3) is 0 Å². The maximum atomic E-state index is 11.0. The zero-order valence-corrected chi connectivity index (χ0v) is 9.12. The summed E-state index contributed by atoms with van der Waals surface area (Å²) in [5.74, 6) is -2.25. The van der Waals surface area contributed by atoms with Gasteiger partial charge < -0.3 is 14.8 Å². The van der Waals surface area contributed by atoms with Gasteiger partial charge in [-0.3, -0.25) is 0 Å². The molecule has 1 heterocycles. The van der Waals surface area contributed by atoms with Crippen LogP contribution in [0.4, 0.5) is 0 Å². The summed E-state index contributed by atoms with van der Waals surface area (Å²) < 4.78 is 1.28. The molecule has 0 fully saturated rings. The van der Waals surface area contributed by atoms with Gasteiger partial charge >= 0.3 is 11.9 Å². The van der Waals surface area contributed by atoms with Crippen LogP contribution in [0.3, 0.4) is 0 Å². The summed E-state index contributed by atoms with van der Waals surface area (Å²) in [5, 5.41) is 27.2. The summed E-state index contributed by atoms with van der Waals surface area (Å²) in [6, 6.07) is 7.56. The third kappa shape index (κ3) is 1.78. The second kappa shape index (κ2) is 4.22. The van der Waals surface area contributed by atoms with Crippen LogP contribution in [0.1, 0.15) is 20.8 Å². The lowest BCUT2D eigenvalue weighted by molar-refractivity contribution is 0.0680. The van der Waals surface area contributed by atoms with Crippen LogP contribution in [0.5, 0.6) is 0 Å². The quantitative estimate of drug-likeness (QED) is 0.852. The third-order valence-electron chi connectivity index (χ3n) is 2.60. The van der Waals surface area contributed by atoms with E-state index in [9.17, 15) is 9.59 Å². The van der Waals surface area contributed by atoms with Crippen molar-refractivity contribution in [2.75, 3.05) is 0 Å². The van der Waals surface area contributed by atoms with E-state index in [0.717, 1.165) is 0 Å². The number of nitrogens with zero attached hydrogens (tertiary/aromatic N) is 2. The first-order valence-corrected chi connectivity index (χ1v) is 5.01. The summed E-state index contributed by atoms with van der Waals surface area (Å²) >= 11 is 0. The van der Waals surface area contributed by atoms with Crippen molar-refractivity contribution >= 4 is 22.8 Å². The van der Waals surface area contributed by atoms with Crippen LogP contribution < -0.4 is 0 Å². The highest BCUT2D eigenvalue weighted by Gasteiger charge is 2.15. The van der Waals surface area contributed by atoms with E-state index in [0.29, 0.717) is 10.9 Å². The molecule has 2 aromatic rings. The highest BCUT2D eigenvalue weighted by atomic mass is 16.4. The van der Waals surface area contributed by atoms with E-state index in [-0.39, 0.29) is 17.8 Å². The molecule has 2 N–H and O–H groups in total. The number of aromatic nitrogens is 1. The Morgan fingerprint density at radius 3 is 2.50 bits per heavy atom. The van der Waals surface area contributed by atoms with Crippen LogP contribution in [0.15, 0.2) is 24.3 Å². The fourth-order valence-electron chi connectivity index (χ4n) is 1.81. The molecule has 1 aromatic heterocycles. The second-order valence-corrected chi connectivity index (χ2v) is 3.66. The maximum Gasteiger partial charge on any atom is 0.352 e. The van der Waals surface area contributed by atoms with Crippen molar-refractivity contribution in [3.63, 3.8) is 0 Å². The largest absolute Gasteiger partial charge is 0.478 e. The number of nitriles is 1. The number of carboxylic acids is 2. The van der Waals surface area contributed by atoms with E-state index in [1.807, 2.05) is 6.07 Å². The topological polar surface area (TPSA) is 103 Å². The highest BCUT2D eigenvalue weighted by Crippen LogP contribution is 2.21. The lowest BCUT2D eigenvalue weighted by atomic mass is 10.1. The molecule has 0 unspecified atom stereocenters. The number of carbonyl (C=O) groups is 2. The minimum absolute atomic E-state index is 0.0333. The highest BCUT2D eigenvalue weighted by molar-refractivity contribution is 5.98. The number of hydrogen-bond donors (Lipinski definition) is 2. The first-order valence-electron chi connectivity index (χ1n) is 5.01. The molecule has 0 radical (unpaired) electrons. The van der Waals surface area contributed by atoms with E-state index >= 15 is 0 Å². The summed E-state index contributed by atoms with van der Waals surface area (Å²) in [6.07, 6.45) is 0. The smallest absolute Gasteiger partial charge is 0.352 e. The Balaban J connectivity index is 2.76. The molecule has 6 nitrogen and oxygen atoms in total. The van der Waals surface area contributed by atoms with Gasteiger partial charge in [0.2, 0.25) is 0 Å². The van der Waals surface area contributed by atoms with Gasteiger partial charge in [0, 0.05) is 5.39 Å². The van der Waals surface area contributed by atoms with Crippen molar-refractivity contribution in [2.45, 2.75) is 6.54 Å². The van der Waals surface area contributed by atoms with Crippen LogP contribution in [-0.2, 0) is 6.54 Å². The first kappa shape index (κ1) is 11.7. The fraction of sp³-hybridized carbons (Fsp3) is 0.0833. The zero-order valence-electron chi connectivity index (χ0n) is 9.12. The summed E-state index contributed by atoms with van der Waals surface area (Å²) in [4.78, 5) is 21.9. The normalized spacial score (nSPS) is 10.2. The monoisotopic (exact) mass is 244 g/mol. The molecule has 0 amide bonds. The van der Waals surface area contributed by atoms with Gasteiger partial charge in [-0.2, -0.15) is 5.26 Å². The second-order valence-electron chi connectivity index (χ2n) is 3.66. The van der Waals surface area contributed by atoms with Crippen LogP contribution in [-0.4, -0.2) is 26.7 Å². The standard InChI is InChI=1S/C12H8N2O4/c13-3-4-14-9-6-8(11(15)16)2-1-7(9)5-10(14)12(17)18/h1-2,5-6H,4H2,(H,15,16)(H,17,18). The molecule has 0 atom stereocenters. The first-order chi connectivity index (χ1) is 8.54. The van der Waals surface area contributed by atoms with Crippen molar-refractivity contribution in [2.24, 2.45) is 0 Å². The Hall–Kier alpha value is -2.81. The van der Waals surface area contributed by atoms with Gasteiger partial charge in [0.05, 0.1) is 17.1 Å². The maximum absolute atomic E-state index is 11.0. The Morgan fingerprint density at radius 1 is 1.22 bits per heavy atom. The predicted molar refractivity (Wildman–Crippen MR) is 61.5 cm³/mol. The number of fused-ring (bicyclic) bond motifs is 1. The Kier molecular flexibility index (Phi) is 2.73. The van der Waals surface area contributed by atoms with Crippen LogP contribution in [0.2, 0.25) is 0 Å². The van der Waals surface area contributed by atoms with E-state index in [2.05, 4.69) is 0 Å². The molecule has 0 saturated carbocycles. The average molecular weight is 244 g/mol. The molecule has 0 aliphatic heterocycles. The van der Waals surface area contributed by atoms with Gasteiger partial charge in [-0.05, 0) is 18.2 Å². The van der Waals surface area contributed by atoms with Gasteiger partial charge in [0.15, 0.2) is 0 Å². The summed E-state index contributed by atoms with van der Waals surface area (Å²) in [6.45, 7) is -0.145. The molecule has 2 rings (SSSR count). The SMILES string of the molecule is N#CCn1c(C(=O)O)cc2ccc(C(=O)O)cc21. The van der Waals surface area contributed by atoms with E-state index in [1.165, 1.54) is 28.8 Å². The van der Waals surface area contributed by atoms with Crippen LogP contribution in [0.25, 0.3) is 10.9 Å². The number of hydrogen-bond acceptors (Lipinski definition) is 3. The lowest BCUT2D eigenvalue weighted by Crippen LogP contribution is -2.07. The Morgan fingerprint density at radius 2 is 1.94 bits per heavy atom. The van der Waals surface area contributed by atoms with Crippen molar-refractivity contribution < 1.29 is 19.8 Å². The minimum Gasteiger partial charge on any atom is -0.478 e. The molecular formula is C12H8N2O4. The third-order valence-corrected chi connectivity index (χ3v) is 2.60. The van der Waals surface area contributed by atoms with Crippen molar-refractivity contribution in [3.8, 4) is 6.07 Å². The van der Waals surface area contributed by atoms with Crippen molar-refractivity contribution in [1.29, 1.82) is 5.26 Å². The van der Waals surface area contributed by atoms with Crippen molar-refractivity contribution in [1.82, 2.24) is 4.57 Å². The average Bonchev–Trinajstić information content (AvgIpc) is 2.68. The van der Waals surface area contributed by atoms with Gasteiger partial charge in [-0.25, -0.2) is 9.59 Å². The lowest BCUT2D eigenvalue weighted by Gasteiger charge is -2.03. The molecule has 6 heteroatoms. The predicted octanol–water partition coefficient (Wildman–Crippen LogP) is 1.56. The summed E-state index contributed by atoms with van der Waals surface area (Å²) in [5.41, 5.74) is 0.444.